The quantitative estimate of drug-likeness (QED) is 0.0485. The first-order chi connectivity index (χ1) is 30.6. The van der Waals surface area contributed by atoms with E-state index in [1.165, 1.54) is 161 Å². The summed E-state index contributed by atoms with van der Waals surface area (Å²) in [5, 5.41) is 20.4. The first-order valence-corrected chi connectivity index (χ1v) is 27.5. The maximum atomic E-state index is 13.7. The van der Waals surface area contributed by atoms with Crippen LogP contribution in [0.3, 0.4) is 0 Å². The molecule has 362 valence electrons. The van der Waals surface area contributed by atoms with Crippen LogP contribution in [-0.2, 0) is 19.1 Å². The molecule has 5 aliphatic rings. The Balaban J connectivity index is 1.10. The first kappa shape index (κ1) is 52.3. The fraction of sp³-hybridized carbons (Fsp3) is 0.895. The third kappa shape index (κ3) is 17.5. The van der Waals surface area contributed by atoms with Crippen LogP contribution in [0.1, 0.15) is 220 Å². The van der Waals surface area contributed by atoms with E-state index in [1.807, 2.05) is 0 Å². The van der Waals surface area contributed by atoms with Gasteiger partial charge in [0.2, 0.25) is 0 Å². The van der Waals surface area contributed by atoms with Crippen LogP contribution in [0.4, 0.5) is 0 Å². The maximum Gasteiger partial charge on any atom is 0.333 e. The van der Waals surface area contributed by atoms with E-state index in [4.69, 9.17) is 9.47 Å². The van der Waals surface area contributed by atoms with Crippen molar-refractivity contribution < 1.29 is 29.3 Å². The van der Waals surface area contributed by atoms with Crippen LogP contribution in [0.5, 0.6) is 0 Å². The molecule has 9 unspecified atom stereocenters. The number of hydrogen-bond acceptors (Lipinski definition) is 6. The van der Waals surface area contributed by atoms with Gasteiger partial charge in [0.1, 0.15) is 0 Å². The molecule has 2 N–H and O–H groups in total. The Hall–Kier alpha value is -1.66. The van der Waals surface area contributed by atoms with Crippen LogP contribution in [0.2, 0.25) is 0 Å². The molecule has 5 aliphatic carbocycles. The minimum atomic E-state index is -0.370. The van der Waals surface area contributed by atoms with Crippen LogP contribution in [-0.4, -0.2) is 48.6 Å². The molecule has 5 saturated carbocycles. The topological polar surface area (TPSA) is 93.1 Å². The van der Waals surface area contributed by atoms with Gasteiger partial charge in [-0.3, -0.25) is 0 Å². The Morgan fingerprint density at radius 1 is 0.540 bits per heavy atom. The highest BCUT2D eigenvalue weighted by Crippen LogP contribution is 2.52. The number of ether oxygens (including phenoxy) is 2. The zero-order chi connectivity index (χ0) is 45.0. The molecule has 6 heteroatoms. The van der Waals surface area contributed by atoms with E-state index < -0.39 is 0 Å². The summed E-state index contributed by atoms with van der Waals surface area (Å²) >= 11 is 0. The minimum Gasteiger partial charge on any atom is -0.462 e. The summed E-state index contributed by atoms with van der Waals surface area (Å²) in [4.78, 5) is 26.0. The lowest BCUT2D eigenvalue weighted by atomic mass is 9.58. The molecule has 0 saturated heterocycles. The zero-order valence-electron chi connectivity index (χ0n) is 41.2. The van der Waals surface area contributed by atoms with Crippen molar-refractivity contribution >= 4 is 11.9 Å². The van der Waals surface area contributed by atoms with Crippen LogP contribution in [0.15, 0.2) is 24.3 Å². The van der Waals surface area contributed by atoms with E-state index in [9.17, 15) is 19.8 Å². The number of aliphatic hydroxyl groups is 2. The highest BCUT2D eigenvalue weighted by atomic mass is 16.5. The normalized spacial score (nSPS) is 32.2. The molecule has 9 atom stereocenters. The van der Waals surface area contributed by atoms with Crippen LogP contribution < -0.4 is 0 Å². The van der Waals surface area contributed by atoms with Crippen molar-refractivity contribution in [3.05, 3.63) is 24.3 Å². The van der Waals surface area contributed by atoms with E-state index in [0.29, 0.717) is 47.7 Å². The molecular weight excluding hydrogens is 781 g/mol. The summed E-state index contributed by atoms with van der Waals surface area (Å²) in [6.45, 7) is 15.1. The Kier molecular flexibility index (Phi) is 23.7. The van der Waals surface area contributed by atoms with Gasteiger partial charge in [0.15, 0.2) is 0 Å². The molecule has 0 aromatic heterocycles. The molecule has 0 radical (unpaired) electrons. The van der Waals surface area contributed by atoms with Crippen molar-refractivity contribution in [1.29, 1.82) is 0 Å². The second-order valence-corrected chi connectivity index (χ2v) is 22.8. The molecule has 0 amide bonds. The highest BCUT2D eigenvalue weighted by molar-refractivity contribution is 5.87. The zero-order valence-corrected chi connectivity index (χ0v) is 41.2. The monoisotopic (exact) mass is 879 g/mol. The van der Waals surface area contributed by atoms with Gasteiger partial charge in [0.25, 0.3) is 0 Å². The fourth-order valence-electron chi connectivity index (χ4n) is 14.2. The van der Waals surface area contributed by atoms with Crippen LogP contribution in [0, 0.1) is 76.9 Å². The predicted octanol–water partition coefficient (Wildman–Crippen LogP) is 14.4. The third-order valence-electron chi connectivity index (χ3n) is 18.1. The molecule has 0 aliphatic heterocycles. The lowest BCUT2D eigenvalue weighted by Crippen LogP contribution is -2.37. The summed E-state index contributed by atoms with van der Waals surface area (Å²) in [5.41, 5.74) is 0.958. The van der Waals surface area contributed by atoms with Crippen molar-refractivity contribution in [2.24, 2.45) is 76.9 Å². The Morgan fingerprint density at radius 3 is 1.70 bits per heavy atom. The van der Waals surface area contributed by atoms with Gasteiger partial charge in [-0.2, -0.15) is 0 Å². The van der Waals surface area contributed by atoms with Gasteiger partial charge < -0.3 is 19.7 Å². The number of carbonyl (C=O) groups excluding carboxylic acids is 2. The van der Waals surface area contributed by atoms with Gasteiger partial charge in [-0.05, 0) is 181 Å². The Labute approximate surface area is 387 Å². The van der Waals surface area contributed by atoms with E-state index in [1.54, 1.807) is 6.92 Å². The molecule has 5 rings (SSSR count). The Bertz CT molecular complexity index is 1330. The van der Waals surface area contributed by atoms with E-state index in [0.717, 1.165) is 67.1 Å². The number of aliphatic hydroxyl groups excluding tert-OH is 2. The minimum absolute atomic E-state index is 0.0224. The predicted molar refractivity (Wildman–Crippen MR) is 260 cm³/mol. The number of fused-ring (bicyclic) bond motifs is 1. The summed E-state index contributed by atoms with van der Waals surface area (Å²) < 4.78 is 11.6. The van der Waals surface area contributed by atoms with Gasteiger partial charge in [-0.25, -0.2) is 9.59 Å². The van der Waals surface area contributed by atoms with Crippen LogP contribution in [0.25, 0.3) is 0 Å². The summed E-state index contributed by atoms with van der Waals surface area (Å²) in [7, 11) is 0. The van der Waals surface area contributed by atoms with E-state index >= 15 is 0 Å². The molecule has 5 fully saturated rings. The number of hydrogen-bond donors (Lipinski definition) is 2. The van der Waals surface area contributed by atoms with Gasteiger partial charge in [-0.15, -0.1) is 0 Å². The van der Waals surface area contributed by atoms with Gasteiger partial charge in [0.05, 0.1) is 13.2 Å². The second-order valence-electron chi connectivity index (χ2n) is 22.8. The number of carbonyl (C=O) groups is 2. The SMILES string of the molecule is C=C(C)C(=O)OCC(CCO)CC1CCC(C2CCC3CC(CCCCCCC)CCC3C2)CC1CC(=C)C(=O)OCC(CO)CC1CCC(C2CCC(CCCCC)CC2)CC1. The third-order valence-corrected chi connectivity index (χ3v) is 18.1. The average Bonchev–Trinajstić information content (AvgIpc) is 3.30. The fourth-order valence-corrected chi connectivity index (χ4v) is 14.2. The summed E-state index contributed by atoms with van der Waals surface area (Å²) in [5.74, 6) is 7.62. The lowest BCUT2D eigenvalue weighted by molar-refractivity contribution is -0.142. The standard InChI is InChI=1S/C57H98O6/c1-6-8-10-11-13-15-44-20-25-52-36-53(28-26-50(52)34-44)54-29-27-51(35-46(30-31-58)39-62-56(60)41(3)4)55(37-54)32-42(5)57(61)63-40-47(38-59)33-45-18-23-49(24-19-45)48-21-16-43(17-22-48)14-12-9-7-2/h43-55,58-59H,3,5-40H2,1-2,4H3. The molecular formula is C57H98O6. The second kappa shape index (κ2) is 28.5. The Morgan fingerprint density at radius 2 is 1.05 bits per heavy atom. The van der Waals surface area contributed by atoms with Gasteiger partial charge in [-0.1, -0.05) is 123 Å². The molecule has 0 aromatic carbocycles. The van der Waals surface area contributed by atoms with Crippen LogP contribution >= 0.6 is 0 Å². The molecule has 6 nitrogen and oxygen atoms in total. The molecule has 0 bridgehead atoms. The average molecular weight is 879 g/mol. The largest absolute Gasteiger partial charge is 0.462 e. The van der Waals surface area contributed by atoms with Crippen molar-refractivity contribution in [3.8, 4) is 0 Å². The highest BCUT2D eigenvalue weighted by Gasteiger charge is 2.42. The first-order valence-electron chi connectivity index (χ1n) is 27.5. The lowest BCUT2D eigenvalue weighted by Gasteiger charge is -2.47. The summed E-state index contributed by atoms with van der Waals surface area (Å²) in [6.07, 6.45) is 39.8. The smallest absolute Gasteiger partial charge is 0.333 e. The molecule has 0 spiro atoms. The van der Waals surface area contributed by atoms with Crippen molar-refractivity contribution in [2.75, 3.05) is 26.4 Å². The van der Waals surface area contributed by atoms with Gasteiger partial charge >= 0.3 is 11.9 Å². The molecule has 0 aromatic rings. The molecule has 0 heterocycles. The number of esters is 2. The molecule has 63 heavy (non-hydrogen) atoms. The van der Waals surface area contributed by atoms with E-state index in [2.05, 4.69) is 27.0 Å². The summed E-state index contributed by atoms with van der Waals surface area (Å²) in [6, 6.07) is 0. The maximum absolute atomic E-state index is 13.7. The number of unbranched alkanes of at least 4 members (excludes halogenated alkanes) is 6. The van der Waals surface area contributed by atoms with E-state index in [-0.39, 0.29) is 50.2 Å². The number of rotatable bonds is 27. The van der Waals surface area contributed by atoms with Crippen molar-refractivity contribution in [1.82, 2.24) is 0 Å². The van der Waals surface area contributed by atoms with Crippen molar-refractivity contribution in [3.63, 3.8) is 0 Å². The van der Waals surface area contributed by atoms with Gasteiger partial charge in [0, 0.05) is 30.3 Å². The van der Waals surface area contributed by atoms with Crippen molar-refractivity contribution in [2.45, 2.75) is 220 Å².